The van der Waals surface area contributed by atoms with Gasteiger partial charge in [-0.15, -0.1) is 0 Å². The van der Waals surface area contributed by atoms with Gasteiger partial charge < -0.3 is 19.5 Å². The molecule has 0 bridgehead atoms. The number of benzene rings is 4. The van der Waals surface area contributed by atoms with E-state index in [0.29, 0.717) is 42.6 Å². The number of carboxylic acids is 1. The number of aryl methyl sites for hydroxylation is 1. The summed E-state index contributed by atoms with van der Waals surface area (Å²) >= 11 is 0. The summed E-state index contributed by atoms with van der Waals surface area (Å²) in [5.41, 5.74) is 6.58. The number of likely N-dealkylation sites (tertiary alicyclic amines) is 1. The predicted molar refractivity (Wildman–Crippen MR) is 213 cm³/mol. The zero-order chi connectivity index (χ0) is 36.9. The summed E-state index contributed by atoms with van der Waals surface area (Å²) < 4.78 is 12.5. The van der Waals surface area contributed by atoms with Crippen molar-refractivity contribution in [1.29, 1.82) is 0 Å². The largest absolute Gasteiger partial charge is 0.494 e. The van der Waals surface area contributed by atoms with Crippen molar-refractivity contribution in [1.82, 2.24) is 4.90 Å². The molecule has 7 heteroatoms. The number of aldehydes is 1. The van der Waals surface area contributed by atoms with Crippen LogP contribution in [0, 0.1) is 17.8 Å². The Morgan fingerprint density at radius 1 is 0.852 bits per heavy atom. The Bertz CT molecular complexity index is 1980. The fraction of sp³-hybridized carbons (Fsp3) is 0.362. The molecule has 4 aliphatic rings. The molecule has 2 aliphatic carbocycles. The van der Waals surface area contributed by atoms with E-state index in [1.165, 1.54) is 22.3 Å². The van der Waals surface area contributed by atoms with Gasteiger partial charge in [-0.1, -0.05) is 72.8 Å². The van der Waals surface area contributed by atoms with Crippen LogP contribution < -0.4 is 14.4 Å². The van der Waals surface area contributed by atoms with Crippen LogP contribution in [-0.4, -0.2) is 61.1 Å². The molecule has 1 N–H and O–H groups in total. The van der Waals surface area contributed by atoms with Crippen molar-refractivity contribution in [2.24, 2.45) is 17.8 Å². The molecule has 0 spiro atoms. The van der Waals surface area contributed by atoms with Crippen molar-refractivity contribution in [2.45, 2.75) is 57.1 Å². The van der Waals surface area contributed by atoms with Gasteiger partial charge in [0.1, 0.15) is 18.1 Å². The van der Waals surface area contributed by atoms with E-state index in [1.54, 1.807) is 12.1 Å². The van der Waals surface area contributed by atoms with Gasteiger partial charge >= 0.3 is 5.97 Å². The van der Waals surface area contributed by atoms with E-state index in [0.717, 1.165) is 88.5 Å². The van der Waals surface area contributed by atoms with Gasteiger partial charge in [0.25, 0.3) is 0 Å². The first-order chi connectivity index (χ1) is 26.5. The molecular formula is C47H50N2O5. The number of allylic oxidation sites excluding steroid dienone is 4. The number of aromatic carboxylic acids is 1. The van der Waals surface area contributed by atoms with Gasteiger partial charge in [0.05, 0.1) is 12.2 Å². The normalized spacial score (nSPS) is 21.6. The number of fused-ring (bicyclic) bond motifs is 1. The summed E-state index contributed by atoms with van der Waals surface area (Å²) in [4.78, 5) is 27.7. The molecule has 2 heterocycles. The van der Waals surface area contributed by atoms with E-state index in [4.69, 9.17) is 9.47 Å². The summed E-state index contributed by atoms with van der Waals surface area (Å²) in [7, 11) is 0. The molecule has 2 saturated heterocycles. The van der Waals surface area contributed by atoms with Crippen LogP contribution in [0.3, 0.4) is 0 Å². The van der Waals surface area contributed by atoms with E-state index >= 15 is 0 Å². The molecule has 54 heavy (non-hydrogen) atoms. The Morgan fingerprint density at radius 3 is 2.39 bits per heavy atom. The molecule has 1 unspecified atom stereocenters. The van der Waals surface area contributed by atoms with Gasteiger partial charge in [-0.05, 0) is 121 Å². The van der Waals surface area contributed by atoms with Gasteiger partial charge in [0.15, 0.2) is 6.29 Å². The Hall–Kier alpha value is -5.14. The molecule has 7 nitrogen and oxygen atoms in total. The van der Waals surface area contributed by atoms with Gasteiger partial charge in [0.2, 0.25) is 0 Å². The predicted octanol–water partition coefficient (Wildman–Crippen LogP) is 8.97. The third kappa shape index (κ3) is 8.02. The van der Waals surface area contributed by atoms with E-state index in [2.05, 4.69) is 101 Å². The molecule has 4 aromatic carbocycles. The highest BCUT2D eigenvalue weighted by molar-refractivity contribution is 5.98. The van der Waals surface area contributed by atoms with E-state index < -0.39 is 5.97 Å². The molecular weight excluding hydrogens is 673 g/mol. The number of ether oxygens (including phenoxy) is 2. The monoisotopic (exact) mass is 722 g/mol. The smallest absolute Gasteiger partial charge is 0.336 e. The quantitative estimate of drug-likeness (QED) is 0.138. The molecule has 0 amide bonds. The maximum Gasteiger partial charge on any atom is 0.336 e. The van der Waals surface area contributed by atoms with Gasteiger partial charge in [-0.25, -0.2) is 4.79 Å². The first kappa shape index (κ1) is 35.9. The van der Waals surface area contributed by atoms with Crippen molar-refractivity contribution in [3.8, 4) is 11.5 Å². The molecule has 8 rings (SSSR count). The number of anilines is 1. The third-order valence-corrected chi connectivity index (χ3v) is 12.2. The van der Waals surface area contributed by atoms with Crippen LogP contribution in [0.4, 0.5) is 5.69 Å². The van der Waals surface area contributed by atoms with Crippen LogP contribution in [0.2, 0.25) is 0 Å². The van der Waals surface area contributed by atoms with Crippen molar-refractivity contribution >= 4 is 17.9 Å². The fourth-order valence-corrected chi connectivity index (χ4v) is 9.19. The highest BCUT2D eigenvalue weighted by atomic mass is 16.5. The number of nitrogens with zero attached hydrogens (tertiary/aromatic N) is 2. The van der Waals surface area contributed by atoms with E-state index in [-0.39, 0.29) is 11.1 Å². The lowest BCUT2D eigenvalue weighted by Gasteiger charge is -2.47. The number of carbonyl (C=O) groups is 2. The van der Waals surface area contributed by atoms with Crippen LogP contribution in [0.5, 0.6) is 11.5 Å². The van der Waals surface area contributed by atoms with Crippen LogP contribution in [-0.2, 0) is 13.0 Å². The maximum absolute atomic E-state index is 11.5. The van der Waals surface area contributed by atoms with Crippen molar-refractivity contribution < 1.29 is 24.2 Å². The van der Waals surface area contributed by atoms with Crippen LogP contribution in [0.25, 0.3) is 0 Å². The highest BCUT2D eigenvalue weighted by Gasteiger charge is 2.36. The first-order valence-corrected chi connectivity index (χ1v) is 19.7. The minimum Gasteiger partial charge on any atom is -0.494 e. The number of hydrogen-bond donors (Lipinski definition) is 1. The topological polar surface area (TPSA) is 79.3 Å². The van der Waals surface area contributed by atoms with Gasteiger partial charge in [-0.3, -0.25) is 9.69 Å². The lowest BCUT2D eigenvalue weighted by atomic mass is 9.66. The third-order valence-electron chi connectivity index (χ3n) is 12.2. The zero-order valence-corrected chi connectivity index (χ0v) is 30.9. The van der Waals surface area contributed by atoms with E-state index in [1.807, 2.05) is 12.1 Å². The number of piperidine rings is 1. The van der Waals surface area contributed by atoms with Gasteiger partial charge in [0, 0.05) is 49.4 Å². The summed E-state index contributed by atoms with van der Waals surface area (Å²) in [5.74, 6) is 2.85. The first-order valence-electron chi connectivity index (χ1n) is 19.7. The van der Waals surface area contributed by atoms with Crippen molar-refractivity contribution in [2.75, 3.05) is 37.7 Å². The Morgan fingerprint density at radius 2 is 1.65 bits per heavy atom. The number of rotatable bonds is 13. The van der Waals surface area contributed by atoms with Crippen molar-refractivity contribution in [3.05, 3.63) is 149 Å². The summed E-state index contributed by atoms with van der Waals surface area (Å²) in [6, 6.07) is 31.7. The second-order valence-electron chi connectivity index (χ2n) is 15.5. The number of hydrogen-bond acceptors (Lipinski definition) is 6. The number of carboxylic acid groups (broad SMARTS) is 1. The second-order valence-corrected chi connectivity index (χ2v) is 15.5. The molecule has 278 valence electrons. The lowest BCUT2D eigenvalue weighted by molar-refractivity contribution is 0.0305. The summed E-state index contributed by atoms with van der Waals surface area (Å²) in [5, 5.41) is 9.34. The van der Waals surface area contributed by atoms with Crippen LogP contribution in [0.15, 0.2) is 115 Å². The maximum atomic E-state index is 11.5. The lowest BCUT2D eigenvalue weighted by Crippen LogP contribution is -2.55. The molecule has 0 saturated carbocycles. The number of carbonyl (C=O) groups excluding carboxylic acids is 1. The Balaban J connectivity index is 0.834. The van der Waals surface area contributed by atoms with E-state index in [9.17, 15) is 14.7 Å². The zero-order valence-electron chi connectivity index (χ0n) is 30.9. The average Bonchev–Trinajstić information content (AvgIpc) is 3.21. The molecule has 3 atom stereocenters. The standard InChI is InChI=1S/C47H50N2O5/c50-31-38-27-40(14-19-45(38)47(51)52)48-24-21-39(22-25-48)49-29-34(30-49)23-26-53-41-15-11-36(12-16-41)46-43(35-9-5-2-6-10-35)18-13-37-28-42(17-20-44(37)46)54-32-33-7-3-1-4-8-33/h1-9,11-12,14-17,19-20,27-28,31,34-35,39,43,46H,10,13,18,21-26,29-30,32H2,(H,51,52)/t35?,43-,46+/m1/s1. The SMILES string of the molecule is O=Cc1cc(N2CCC(N3CC(CCOc4ccc([C@@H]5c6ccc(OCc7ccccc7)cc6CC[C@@H]5C5C=CC=CC5)cc4)C3)CC2)ccc1C(=O)O. The molecule has 0 aromatic heterocycles. The molecule has 2 aliphatic heterocycles. The second kappa shape index (κ2) is 16.5. The Labute approximate surface area is 318 Å². The highest BCUT2D eigenvalue weighted by Crippen LogP contribution is 2.47. The Kier molecular flexibility index (Phi) is 10.9. The summed E-state index contributed by atoms with van der Waals surface area (Å²) in [6.45, 7) is 5.33. The molecule has 4 aromatic rings. The molecule has 2 fully saturated rings. The minimum atomic E-state index is -1.07. The fourth-order valence-electron chi connectivity index (χ4n) is 9.19. The molecule has 0 radical (unpaired) electrons. The van der Waals surface area contributed by atoms with Crippen LogP contribution in [0.1, 0.15) is 81.0 Å². The van der Waals surface area contributed by atoms with Crippen molar-refractivity contribution in [3.63, 3.8) is 0 Å². The van der Waals surface area contributed by atoms with Crippen LogP contribution >= 0.6 is 0 Å². The average molecular weight is 723 g/mol. The van der Waals surface area contributed by atoms with Gasteiger partial charge in [-0.2, -0.15) is 0 Å². The summed E-state index contributed by atoms with van der Waals surface area (Å²) in [6.07, 6.45) is 16.3. The minimum absolute atomic E-state index is 0.0564.